The van der Waals surface area contributed by atoms with E-state index in [0.717, 1.165) is 13.0 Å². The third kappa shape index (κ3) is 5.83. The SMILES string of the molecule is CCCCCCCCCn1nnc(C(=O)OC)c1COC. The second-order valence-corrected chi connectivity index (χ2v) is 5.15. The van der Waals surface area contributed by atoms with Crippen molar-refractivity contribution in [2.24, 2.45) is 0 Å². The number of ether oxygens (including phenoxy) is 2. The monoisotopic (exact) mass is 297 g/mol. The molecule has 0 aliphatic carbocycles. The Kier molecular flexibility index (Phi) is 8.66. The van der Waals surface area contributed by atoms with Crippen LogP contribution in [0.3, 0.4) is 0 Å². The number of aromatic nitrogens is 3. The molecule has 0 aromatic carbocycles. The molecule has 6 heteroatoms. The van der Waals surface area contributed by atoms with Crippen molar-refractivity contribution in [2.45, 2.75) is 65.0 Å². The van der Waals surface area contributed by atoms with Gasteiger partial charge in [0.2, 0.25) is 0 Å². The van der Waals surface area contributed by atoms with E-state index in [-0.39, 0.29) is 5.69 Å². The van der Waals surface area contributed by atoms with Crippen LogP contribution in [-0.4, -0.2) is 35.2 Å². The maximum atomic E-state index is 11.6. The zero-order valence-corrected chi connectivity index (χ0v) is 13.4. The lowest BCUT2D eigenvalue weighted by atomic mass is 10.1. The molecule has 1 aromatic rings. The Morgan fingerprint density at radius 1 is 1.10 bits per heavy atom. The van der Waals surface area contributed by atoms with Crippen LogP contribution in [0.25, 0.3) is 0 Å². The Hall–Kier alpha value is -1.43. The highest BCUT2D eigenvalue weighted by Crippen LogP contribution is 2.12. The minimum absolute atomic E-state index is 0.252. The maximum absolute atomic E-state index is 11.6. The number of methoxy groups -OCH3 is 2. The fourth-order valence-electron chi connectivity index (χ4n) is 2.27. The van der Waals surface area contributed by atoms with Crippen molar-refractivity contribution >= 4 is 5.97 Å². The molecule has 0 fully saturated rings. The Balaban J connectivity index is 2.43. The minimum Gasteiger partial charge on any atom is -0.464 e. The van der Waals surface area contributed by atoms with Crippen LogP contribution >= 0.6 is 0 Å². The quantitative estimate of drug-likeness (QED) is 0.464. The molecule has 0 atom stereocenters. The first kappa shape index (κ1) is 17.6. The summed E-state index contributed by atoms with van der Waals surface area (Å²) < 4.78 is 11.6. The molecule has 0 aliphatic rings. The number of hydrogen-bond acceptors (Lipinski definition) is 5. The predicted molar refractivity (Wildman–Crippen MR) is 80.1 cm³/mol. The van der Waals surface area contributed by atoms with Crippen molar-refractivity contribution in [1.82, 2.24) is 15.0 Å². The van der Waals surface area contributed by atoms with Gasteiger partial charge in [-0.1, -0.05) is 50.7 Å². The zero-order valence-electron chi connectivity index (χ0n) is 13.4. The summed E-state index contributed by atoms with van der Waals surface area (Å²) in [6, 6.07) is 0. The van der Waals surface area contributed by atoms with E-state index < -0.39 is 5.97 Å². The number of unbranched alkanes of at least 4 members (excludes halogenated alkanes) is 6. The molecule has 0 unspecified atom stereocenters. The molecule has 120 valence electrons. The van der Waals surface area contributed by atoms with Crippen molar-refractivity contribution in [3.05, 3.63) is 11.4 Å². The van der Waals surface area contributed by atoms with Crippen molar-refractivity contribution in [3.8, 4) is 0 Å². The van der Waals surface area contributed by atoms with E-state index >= 15 is 0 Å². The van der Waals surface area contributed by atoms with Gasteiger partial charge in [0.05, 0.1) is 19.4 Å². The molecule has 1 rings (SSSR count). The van der Waals surface area contributed by atoms with Crippen LogP contribution in [0.4, 0.5) is 0 Å². The first-order valence-corrected chi connectivity index (χ1v) is 7.74. The molecule has 0 saturated heterocycles. The van der Waals surface area contributed by atoms with Gasteiger partial charge in [-0.05, 0) is 6.42 Å². The lowest BCUT2D eigenvalue weighted by Gasteiger charge is -2.06. The molecule has 0 aliphatic heterocycles. The summed E-state index contributed by atoms with van der Waals surface area (Å²) in [6.07, 6.45) is 8.67. The zero-order chi connectivity index (χ0) is 15.5. The predicted octanol–water partition coefficient (Wildman–Crippen LogP) is 2.96. The first-order valence-electron chi connectivity index (χ1n) is 7.74. The van der Waals surface area contributed by atoms with E-state index in [2.05, 4.69) is 17.2 Å². The third-order valence-electron chi connectivity index (χ3n) is 3.47. The fourth-order valence-corrected chi connectivity index (χ4v) is 2.27. The molecule has 6 nitrogen and oxygen atoms in total. The van der Waals surface area contributed by atoms with Gasteiger partial charge in [-0.2, -0.15) is 0 Å². The second-order valence-electron chi connectivity index (χ2n) is 5.15. The molecule has 0 amide bonds. The van der Waals surface area contributed by atoms with Gasteiger partial charge < -0.3 is 9.47 Å². The summed E-state index contributed by atoms with van der Waals surface area (Å²) in [6.45, 7) is 3.30. The fraction of sp³-hybridized carbons (Fsp3) is 0.800. The molecular formula is C15H27N3O3. The van der Waals surface area contributed by atoms with Crippen molar-refractivity contribution in [2.75, 3.05) is 14.2 Å². The van der Waals surface area contributed by atoms with Gasteiger partial charge in [0, 0.05) is 13.7 Å². The molecule has 0 bridgehead atoms. The van der Waals surface area contributed by atoms with Crippen LogP contribution in [0.1, 0.15) is 68.1 Å². The van der Waals surface area contributed by atoms with Crippen LogP contribution in [0.2, 0.25) is 0 Å². The van der Waals surface area contributed by atoms with E-state index in [1.165, 1.54) is 45.6 Å². The molecule has 0 spiro atoms. The van der Waals surface area contributed by atoms with Gasteiger partial charge in [0.25, 0.3) is 0 Å². The van der Waals surface area contributed by atoms with Crippen molar-refractivity contribution < 1.29 is 14.3 Å². The van der Waals surface area contributed by atoms with Crippen LogP contribution in [0.15, 0.2) is 0 Å². The van der Waals surface area contributed by atoms with Crippen LogP contribution < -0.4 is 0 Å². The van der Waals surface area contributed by atoms with Gasteiger partial charge in [0.15, 0.2) is 5.69 Å². The highest BCUT2D eigenvalue weighted by molar-refractivity contribution is 5.88. The van der Waals surface area contributed by atoms with Crippen LogP contribution in [-0.2, 0) is 22.6 Å². The highest BCUT2D eigenvalue weighted by Gasteiger charge is 2.19. The molecule has 0 radical (unpaired) electrons. The van der Waals surface area contributed by atoms with E-state index in [1.807, 2.05) is 0 Å². The molecular weight excluding hydrogens is 270 g/mol. The topological polar surface area (TPSA) is 66.2 Å². The van der Waals surface area contributed by atoms with Crippen LogP contribution in [0, 0.1) is 0 Å². The summed E-state index contributed by atoms with van der Waals surface area (Å²) in [5, 5.41) is 7.94. The number of esters is 1. The number of hydrogen-bond donors (Lipinski definition) is 0. The van der Waals surface area contributed by atoms with Gasteiger partial charge in [-0.15, -0.1) is 5.10 Å². The smallest absolute Gasteiger partial charge is 0.360 e. The number of rotatable bonds is 11. The Labute approximate surface area is 126 Å². The van der Waals surface area contributed by atoms with Gasteiger partial charge in [0.1, 0.15) is 0 Å². The number of nitrogens with zero attached hydrogens (tertiary/aromatic N) is 3. The maximum Gasteiger partial charge on any atom is 0.360 e. The highest BCUT2D eigenvalue weighted by atomic mass is 16.5. The molecule has 1 aromatic heterocycles. The standard InChI is InChI=1S/C15H27N3O3/c1-4-5-6-7-8-9-10-11-18-13(12-20-2)14(16-17-18)15(19)21-3/h4-12H2,1-3H3. The van der Waals surface area contributed by atoms with Gasteiger partial charge >= 0.3 is 5.97 Å². The van der Waals surface area contributed by atoms with Gasteiger partial charge in [-0.25, -0.2) is 9.48 Å². The van der Waals surface area contributed by atoms with Crippen molar-refractivity contribution in [1.29, 1.82) is 0 Å². The molecule has 21 heavy (non-hydrogen) atoms. The minimum atomic E-state index is -0.465. The average Bonchev–Trinajstić information content (AvgIpc) is 2.89. The lowest BCUT2D eigenvalue weighted by molar-refractivity contribution is 0.0588. The summed E-state index contributed by atoms with van der Waals surface area (Å²) in [7, 11) is 2.93. The Morgan fingerprint density at radius 3 is 2.38 bits per heavy atom. The number of carbonyl (C=O) groups is 1. The van der Waals surface area contributed by atoms with E-state index in [9.17, 15) is 4.79 Å². The Bertz CT molecular complexity index is 418. The third-order valence-corrected chi connectivity index (χ3v) is 3.47. The summed E-state index contributed by atoms with van der Waals surface area (Å²) >= 11 is 0. The largest absolute Gasteiger partial charge is 0.464 e. The molecule has 1 heterocycles. The molecule has 0 N–H and O–H groups in total. The average molecular weight is 297 g/mol. The number of aryl methyl sites for hydroxylation is 1. The Morgan fingerprint density at radius 2 is 1.76 bits per heavy atom. The van der Waals surface area contributed by atoms with E-state index in [4.69, 9.17) is 9.47 Å². The van der Waals surface area contributed by atoms with Crippen molar-refractivity contribution in [3.63, 3.8) is 0 Å². The second kappa shape index (κ2) is 10.3. The lowest BCUT2D eigenvalue weighted by Crippen LogP contribution is -2.11. The summed E-state index contributed by atoms with van der Waals surface area (Å²) in [5.74, 6) is -0.465. The molecule has 0 saturated carbocycles. The van der Waals surface area contributed by atoms with Crippen LogP contribution in [0.5, 0.6) is 0 Å². The summed E-state index contributed by atoms with van der Waals surface area (Å²) in [5.41, 5.74) is 0.942. The first-order chi connectivity index (χ1) is 10.2. The number of carbonyl (C=O) groups excluding carboxylic acids is 1. The van der Waals surface area contributed by atoms with E-state index in [0.29, 0.717) is 12.3 Å². The normalized spacial score (nSPS) is 10.8. The van der Waals surface area contributed by atoms with E-state index in [1.54, 1.807) is 11.8 Å². The summed E-state index contributed by atoms with van der Waals surface area (Å²) in [4.78, 5) is 11.6. The van der Waals surface area contributed by atoms with Gasteiger partial charge in [-0.3, -0.25) is 0 Å².